The fraction of sp³-hybridized carbons (Fsp3) is 0.667. The lowest BCUT2D eigenvalue weighted by Crippen LogP contribution is -2.03. The Bertz CT molecular complexity index is 331. The van der Waals surface area contributed by atoms with Crippen LogP contribution in [0.25, 0.3) is 0 Å². The Kier molecular flexibility index (Phi) is 3.73. The molecule has 1 N–H and O–H groups in total. The van der Waals surface area contributed by atoms with Crippen LogP contribution >= 0.6 is 0 Å². The van der Waals surface area contributed by atoms with Crippen molar-refractivity contribution >= 4 is 12.2 Å². The summed E-state index contributed by atoms with van der Waals surface area (Å²) in [6, 6.07) is 0. The second-order valence-electron chi connectivity index (χ2n) is 4.73. The predicted molar refractivity (Wildman–Crippen MR) is 62.3 cm³/mol. The van der Waals surface area contributed by atoms with Gasteiger partial charge in [0.15, 0.2) is 0 Å². The molecule has 90 valence electrons. The van der Waals surface area contributed by atoms with Crippen LogP contribution in [-0.4, -0.2) is 23.9 Å². The molecular formula is C12H19NO3. The van der Waals surface area contributed by atoms with Crippen LogP contribution < -0.4 is 0 Å². The lowest BCUT2D eigenvalue weighted by molar-refractivity contribution is -0.139. The summed E-state index contributed by atoms with van der Waals surface area (Å²) in [4.78, 5) is 15.8. The smallest absolute Gasteiger partial charge is 0.307 e. The highest BCUT2D eigenvalue weighted by Crippen LogP contribution is 2.59. The van der Waals surface area contributed by atoms with Crippen LogP contribution in [0.2, 0.25) is 0 Å². The average molecular weight is 225 g/mol. The monoisotopic (exact) mass is 225 g/mol. The molecule has 4 heteroatoms. The summed E-state index contributed by atoms with van der Waals surface area (Å²) in [5, 5.41) is 12.7. The number of carboxylic acid groups (broad SMARTS) is 1. The lowest BCUT2D eigenvalue weighted by Gasteiger charge is -1.97. The van der Waals surface area contributed by atoms with Crippen LogP contribution in [0.3, 0.4) is 0 Å². The minimum absolute atomic E-state index is 0.0954. The summed E-state index contributed by atoms with van der Waals surface area (Å²) in [7, 11) is 0. The van der Waals surface area contributed by atoms with Crippen LogP contribution in [0.4, 0.5) is 0 Å². The van der Waals surface area contributed by atoms with E-state index in [0.717, 1.165) is 5.57 Å². The van der Waals surface area contributed by atoms with Gasteiger partial charge >= 0.3 is 5.97 Å². The van der Waals surface area contributed by atoms with Crippen molar-refractivity contribution in [2.24, 2.45) is 22.4 Å². The maximum absolute atomic E-state index is 10.9. The fourth-order valence-corrected chi connectivity index (χ4v) is 1.98. The summed E-state index contributed by atoms with van der Waals surface area (Å²) in [6.45, 7) is 8.24. The topological polar surface area (TPSA) is 58.9 Å². The van der Waals surface area contributed by atoms with Gasteiger partial charge in [-0.3, -0.25) is 4.79 Å². The Hall–Kier alpha value is -1.32. The van der Waals surface area contributed by atoms with Gasteiger partial charge in [0.05, 0.1) is 12.1 Å². The van der Waals surface area contributed by atoms with Crippen molar-refractivity contribution in [2.75, 3.05) is 6.61 Å². The molecule has 0 aromatic carbocycles. The first kappa shape index (κ1) is 12.7. The molecule has 0 saturated heterocycles. The predicted octanol–water partition coefficient (Wildman–Crippen LogP) is 2.31. The number of allylic oxidation sites excluding steroid dienone is 2. The largest absolute Gasteiger partial charge is 0.481 e. The number of carboxylic acids is 1. The third-order valence-electron chi connectivity index (χ3n) is 3.08. The summed E-state index contributed by atoms with van der Waals surface area (Å²) >= 11 is 0. The van der Waals surface area contributed by atoms with E-state index in [-0.39, 0.29) is 17.3 Å². The molecular weight excluding hydrogens is 206 g/mol. The van der Waals surface area contributed by atoms with Gasteiger partial charge in [0, 0.05) is 0 Å². The van der Waals surface area contributed by atoms with Crippen LogP contribution in [0.5, 0.6) is 0 Å². The van der Waals surface area contributed by atoms with Crippen molar-refractivity contribution in [3.05, 3.63) is 11.6 Å². The zero-order chi connectivity index (χ0) is 12.3. The zero-order valence-corrected chi connectivity index (χ0v) is 10.2. The summed E-state index contributed by atoms with van der Waals surface area (Å²) in [5.74, 6) is -0.901. The van der Waals surface area contributed by atoms with Crippen LogP contribution in [0, 0.1) is 17.3 Å². The third-order valence-corrected chi connectivity index (χ3v) is 3.08. The van der Waals surface area contributed by atoms with Gasteiger partial charge in [0.25, 0.3) is 0 Å². The number of hydrogen-bond acceptors (Lipinski definition) is 3. The quantitative estimate of drug-likeness (QED) is 0.577. The van der Waals surface area contributed by atoms with Crippen molar-refractivity contribution < 1.29 is 14.7 Å². The van der Waals surface area contributed by atoms with Gasteiger partial charge in [-0.1, -0.05) is 25.1 Å². The fourth-order valence-electron chi connectivity index (χ4n) is 1.98. The molecule has 1 saturated carbocycles. The normalized spacial score (nSPS) is 28.1. The standard InChI is InChI=1S/C12H19NO3/c1-5-16-13-7-8(2)6-9-10(11(14)15)12(9,3)4/h6-7,9-10H,5H2,1-4H3,(H,14,15)/b8-6+,13-7+/t9-,10+/m1/s1. The van der Waals surface area contributed by atoms with Gasteiger partial charge in [-0.25, -0.2) is 0 Å². The van der Waals surface area contributed by atoms with Crippen molar-refractivity contribution in [3.8, 4) is 0 Å². The zero-order valence-electron chi connectivity index (χ0n) is 10.2. The Labute approximate surface area is 96.0 Å². The molecule has 1 rings (SSSR count). The van der Waals surface area contributed by atoms with E-state index >= 15 is 0 Å². The molecule has 0 unspecified atom stereocenters. The van der Waals surface area contributed by atoms with E-state index in [1.54, 1.807) is 6.21 Å². The van der Waals surface area contributed by atoms with E-state index in [0.29, 0.717) is 6.61 Å². The van der Waals surface area contributed by atoms with Gasteiger partial charge in [-0.05, 0) is 30.8 Å². The molecule has 0 aromatic rings. The highest BCUT2D eigenvalue weighted by atomic mass is 16.6. The number of oxime groups is 1. The Balaban J connectivity index is 2.61. The molecule has 1 aliphatic rings. The van der Waals surface area contributed by atoms with Crippen LogP contribution in [0.1, 0.15) is 27.7 Å². The number of hydrogen-bond donors (Lipinski definition) is 1. The molecule has 0 aromatic heterocycles. The van der Waals surface area contributed by atoms with Crippen molar-refractivity contribution in [2.45, 2.75) is 27.7 Å². The van der Waals surface area contributed by atoms with E-state index in [9.17, 15) is 4.79 Å². The number of aliphatic carboxylic acids is 1. The van der Waals surface area contributed by atoms with Gasteiger partial charge in [0.1, 0.15) is 6.61 Å². The first-order valence-electron chi connectivity index (χ1n) is 5.47. The number of nitrogens with zero attached hydrogens (tertiary/aromatic N) is 1. The van der Waals surface area contributed by atoms with E-state index in [1.807, 2.05) is 33.8 Å². The minimum atomic E-state index is -0.721. The van der Waals surface area contributed by atoms with Gasteiger partial charge in [-0.2, -0.15) is 0 Å². The minimum Gasteiger partial charge on any atom is -0.481 e. The van der Waals surface area contributed by atoms with Gasteiger partial charge in [-0.15, -0.1) is 0 Å². The van der Waals surface area contributed by atoms with Crippen LogP contribution in [-0.2, 0) is 9.63 Å². The van der Waals surface area contributed by atoms with Crippen molar-refractivity contribution in [1.29, 1.82) is 0 Å². The maximum atomic E-state index is 10.9. The van der Waals surface area contributed by atoms with Gasteiger partial charge in [0.2, 0.25) is 0 Å². The summed E-state index contributed by atoms with van der Waals surface area (Å²) in [6.07, 6.45) is 3.58. The molecule has 0 heterocycles. The Morgan fingerprint density at radius 2 is 2.19 bits per heavy atom. The third kappa shape index (κ3) is 2.62. The molecule has 1 fully saturated rings. The van der Waals surface area contributed by atoms with Crippen molar-refractivity contribution in [3.63, 3.8) is 0 Å². The van der Waals surface area contributed by atoms with E-state index < -0.39 is 5.97 Å². The second-order valence-corrected chi connectivity index (χ2v) is 4.73. The highest BCUT2D eigenvalue weighted by Gasteiger charge is 2.60. The lowest BCUT2D eigenvalue weighted by atomic mass is 10.1. The Morgan fingerprint density at radius 1 is 1.56 bits per heavy atom. The first-order valence-corrected chi connectivity index (χ1v) is 5.47. The Morgan fingerprint density at radius 3 is 2.62 bits per heavy atom. The molecule has 16 heavy (non-hydrogen) atoms. The van der Waals surface area contributed by atoms with Gasteiger partial charge < -0.3 is 9.94 Å². The highest BCUT2D eigenvalue weighted by molar-refractivity contribution is 5.80. The summed E-state index contributed by atoms with van der Waals surface area (Å²) in [5.41, 5.74) is 0.794. The number of carbonyl (C=O) groups is 1. The molecule has 2 atom stereocenters. The average Bonchev–Trinajstić information content (AvgIpc) is 2.68. The summed E-state index contributed by atoms with van der Waals surface area (Å²) < 4.78 is 0. The van der Waals surface area contributed by atoms with E-state index in [1.165, 1.54) is 0 Å². The molecule has 0 amide bonds. The van der Waals surface area contributed by atoms with E-state index in [4.69, 9.17) is 9.94 Å². The molecule has 4 nitrogen and oxygen atoms in total. The SMILES string of the molecule is CCO/N=C/C(C)=C/[C@@H]1[C@@H](C(=O)O)C1(C)C. The molecule has 0 spiro atoms. The van der Waals surface area contributed by atoms with Crippen molar-refractivity contribution in [1.82, 2.24) is 0 Å². The first-order chi connectivity index (χ1) is 7.41. The maximum Gasteiger partial charge on any atom is 0.307 e. The number of rotatable bonds is 5. The molecule has 0 aliphatic heterocycles. The molecule has 0 radical (unpaired) electrons. The molecule has 1 aliphatic carbocycles. The van der Waals surface area contributed by atoms with E-state index in [2.05, 4.69) is 5.16 Å². The molecule has 0 bridgehead atoms. The van der Waals surface area contributed by atoms with Crippen LogP contribution in [0.15, 0.2) is 16.8 Å². The second kappa shape index (κ2) is 4.68.